The molecule has 0 aliphatic carbocycles. The Morgan fingerprint density at radius 3 is 2.81 bits per heavy atom. The van der Waals surface area contributed by atoms with Crippen molar-refractivity contribution in [3.05, 3.63) is 35.9 Å². The maximum absolute atomic E-state index is 11.3. The first-order chi connectivity index (χ1) is 7.41. The average Bonchev–Trinajstić information content (AvgIpc) is 2.14. The Morgan fingerprint density at radius 1 is 1.50 bits per heavy atom. The number of hydrogen-bond acceptors (Lipinski definition) is 3. The van der Waals surface area contributed by atoms with Crippen molar-refractivity contribution in [2.24, 2.45) is 10.1 Å². The van der Waals surface area contributed by atoms with E-state index in [1.54, 1.807) is 12.1 Å². The number of anilines is 1. The van der Waals surface area contributed by atoms with Crippen molar-refractivity contribution in [2.75, 3.05) is 4.72 Å². The molecular formula is C10H11N3O2S. The molecule has 0 spiro atoms. The van der Waals surface area contributed by atoms with Gasteiger partial charge in [0, 0.05) is 5.56 Å². The van der Waals surface area contributed by atoms with Crippen LogP contribution >= 0.6 is 0 Å². The maximum atomic E-state index is 11.3. The highest BCUT2D eigenvalue weighted by Crippen LogP contribution is 2.28. The van der Waals surface area contributed by atoms with Crippen LogP contribution in [0.15, 0.2) is 29.2 Å². The largest absolute Gasteiger partial charge is 0.382 e. The van der Waals surface area contributed by atoms with E-state index in [0.29, 0.717) is 11.3 Å². The first-order valence-corrected chi connectivity index (χ1v) is 6.02. The molecule has 84 valence electrons. The lowest BCUT2D eigenvalue weighted by atomic mass is 9.99. The van der Waals surface area contributed by atoms with Crippen molar-refractivity contribution in [3.63, 3.8) is 0 Å². The van der Waals surface area contributed by atoms with Crippen molar-refractivity contribution in [1.29, 1.82) is 0 Å². The van der Waals surface area contributed by atoms with Crippen LogP contribution in [0.2, 0.25) is 0 Å². The summed E-state index contributed by atoms with van der Waals surface area (Å²) >= 11 is 0. The molecule has 0 bridgehead atoms. The minimum absolute atomic E-state index is 0.00708. The van der Waals surface area contributed by atoms with E-state index in [2.05, 4.69) is 15.7 Å². The molecule has 1 aliphatic heterocycles. The topological polar surface area (TPSA) is 84.5 Å². The average molecular weight is 237 g/mol. The van der Waals surface area contributed by atoms with E-state index < -0.39 is 10.2 Å². The van der Waals surface area contributed by atoms with Crippen molar-refractivity contribution in [1.82, 2.24) is 0 Å². The summed E-state index contributed by atoms with van der Waals surface area (Å²) in [5.41, 5.74) is 8.27. The molecule has 1 aromatic carbocycles. The molecule has 0 amide bonds. The Bertz CT molecular complexity index is 602. The third-order valence-corrected chi connectivity index (χ3v) is 3.15. The molecule has 6 heteroatoms. The van der Waals surface area contributed by atoms with E-state index in [-0.39, 0.29) is 5.84 Å². The molecule has 0 saturated carbocycles. The van der Waals surface area contributed by atoms with E-state index in [1.165, 1.54) is 0 Å². The van der Waals surface area contributed by atoms with Crippen LogP contribution in [0.25, 0.3) is 5.57 Å². The summed E-state index contributed by atoms with van der Waals surface area (Å²) in [6, 6.07) is 5.20. The molecule has 0 atom stereocenters. The lowest BCUT2D eigenvalue weighted by Crippen LogP contribution is -2.27. The normalized spacial score (nSPS) is 16.9. The SMILES string of the molecule is C=C(C)c1cccc2c1C(N)=NS(=O)(=O)N2. The lowest BCUT2D eigenvalue weighted by Gasteiger charge is -2.18. The van der Waals surface area contributed by atoms with Gasteiger partial charge in [0.05, 0.1) is 5.69 Å². The Hall–Kier alpha value is -1.82. The van der Waals surface area contributed by atoms with Gasteiger partial charge < -0.3 is 5.73 Å². The van der Waals surface area contributed by atoms with Crippen LogP contribution in [-0.2, 0) is 10.2 Å². The van der Waals surface area contributed by atoms with Crippen LogP contribution in [0.5, 0.6) is 0 Å². The molecule has 1 aliphatic rings. The predicted molar refractivity (Wildman–Crippen MR) is 64.4 cm³/mol. The molecule has 0 saturated heterocycles. The predicted octanol–water partition coefficient (Wildman–Crippen LogP) is 1.10. The third kappa shape index (κ3) is 1.67. The first kappa shape index (κ1) is 10.7. The summed E-state index contributed by atoms with van der Waals surface area (Å²) < 4.78 is 28.3. The number of nitrogens with one attached hydrogen (secondary N) is 1. The highest BCUT2D eigenvalue weighted by atomic mass is 32.2. The Labute approximate surface area is 93.9 Å². The Balaban J connectivity index is 2.75. The van der Waals surface area contributed by atoms with Crippen LogP contribution in [-0.4, -0.2) is 14.3 Å². The second-order valence-electron chi connectivity index (χ2n) is 3.56. The standard InChI is InChI=1S/C10H11N3O2S/c1-6(2)7-4-3-5-8-9(7)10(11)13-16(14,15)12-8/h3-5,12H,1H2,2H3,(H2,11,13). The van der Waals surface area contributed by atoms with Crippen molar-refractivity contribution >= 4 is 27.3 Å². The molecule has 0 fully saturated rings. The first-order valence-electron chi connectivity index (χ1n) is 4.58. The van der Waals surface area contributed by atoms with E-state index in [0.717, 1.165) is 11.1 Å². The molecule has 1 heterocycles. The summed E-state index contributed by atoms with van der Waals surface area (Å²) in [7, 11) is -3.70. The zero-order chi connectivity index (χ0) is 11.9. The van der Waals surface area contributed by atoms with Gasteiger partial charge in [-0.1, -0.05) is 24.3 Å². The smallest absolute Gasteiger partial charge is 0.344 e. The van der Waals surface area contributed by atoms with Gasteiger partial charge in [0.25, 0.3) is 0 Å². The number of nitrogens with two attached hydrogens (primary N) is 1. The fourth-order valence-corrected chi connectivity index (χ4v) is 2.45. The van der Waals surface area contributed by atoms with Crippen molar-refractivity contribution in [2.45, 2.75) is 6.92 Å². The van der Waals surface area contributed by atoms with Gasteiger partial charge in [-0.25, -0.2) is 0 Å². The second-order valence-corrected chi connectivity index (χ2v) is 4.90. The Morgan fingerprint density at radius 2 is 2.19 bits per heavy atom. The number of rotatable bonds is 1. The molecule has 0 radical (unpaired) electrons. The highest BCUT2D eigenvalue weighted by Gasteiger charge is 2.23. The van der Waals surface area contributed by atoms with Crippen LogP contribution in [0.3, 0.4) is 0 Å². The summed E-state index contributed by atoms with van der Waals surface area (Å²) in [5.74, 6) is -0.00708. The van der Waals surface area contributed by atoms with E-state index in [1.807, 2.05) is 13.0 Å². The molecule has 5 nitrogen and oxygen atoms in total. The van der Waals surface area contributed by atoms with Crippen LogP contribution < -0.4 is 10.5 Å². The summed E-state index contributed by atoms with van der Waals surface area (Å²) in [4.78, 5) is 0. The monoisotopic (exact) mass is 237 g/mol. The van der Waals surface area contributed by atoms with Crippen molar-refractivity contribution in [3.8, 4) is 0 Å². The lowest BCUT2D eigenvalue weighted by molar-refractivity contribution is 0.602. The zero-order valence-electron chi connectivity index (χ0n) is 8.69. The van der Waals surface area contributed by atoms with E-state index >= 15 is 0 Å². The van der Waals surface area contributed by atoms with Gasteiger partial charge in [-0.3, -0.25) is 4.72 Å². The fourth-order valence-electron chi connectivity index (χ4n) is 1.61. The Kier molecular flexibility index (Phi) is 2.23. The molecule has 3 N–H and O–H groups in total. The number of benzene rings is 1. The molecule has 0 unspecified atom stereocenters. The minimum atomic E-state index is -3.70. The van der Waals surface area contributed by atoms with Crippen LogP contribution in [0.4, 0.5) is 5.69 Å². The van der Waals surface area contributed by atoms with Gasteiger partial charge in [-0.05, 0) is 18.6 Å². The minimum Gasteiger partial charge on any atom is -0.382 e. The van der Waals surface area contributed by atoms with Crippen LogP contribution in [0, 0.1) is 0 Å². The second kappa shape index (κ2) is 3.34. The molecule has 2 rings (SSSR count). The third-order valence-electron chi connectivity index (χ3n) is 2.24. The van der Waals surface area contributed by atoms with Gasteiger partial charge in [0.1, 0.15) is 5.84 Å². The number of fused-ring (bicyclic) bond motifs is 1. The molecular weight excluding hydrogens is 226 g/mol. The van der Waals surface area contributed by atoms with Gasteiger partial charge >= 0.3 is 10.2 Å². The molecule has 0 aromatic heterocycles. The van der Waals surface area contributed by atoms with E-state index in [4.69, 9.17) is 5.73 Å². The number of hydrogen-bond donors (Lipinski definition) is 2. The van der Waals surface area contributed by atoms with Gasteiger partial charge in [-0.2, -0.15) is 8.42 Å². The van der Waals surface area contributed by atoms with Gasteiger partial charge in [0.15, 0.2) is 0 Å². The summed E-state index contributed by atoms with van der Waals surface area (Å²) in [5, 5.41) is 0. The number of allylic oxidation sites excluding steroid dienone is 1. The zero-order valence-corrected chi connectivity index (χ0v) is 9.50. The fraction of sp³-hybridized carbons (Fsp3) is 0.100. The summed E-state index contributed by atoms with van der Waals surface area (Å²) in [6.45, 7) is 5.64. The van der Waals surface area contributed by atoms with Gasteiger partial charge in [-0.15, -0.1) is 4.40 Å². The molecule has 1 aromatic rings. The van der Waals surface area contributed by atoms with Crippen LogP contribution in [0.1, 0.15) is 18.1 Å². The molecule has 16 heavy (non-hydrogen) atoms. The van der Waals surface area contributed by atoms with Crippen molar-refractivity contribution < 1.29 is 8.42 Å². The van der Waals surface area contributed by atoms with Gasteiger partial charge in [0.2, 0.25) is 0 Å². The highest BCUT2D eigenvalue weighted by molar-refractivity contribution is 7.91. The summed E-state index contributed by atoms with van der Waals surface area (Å²) in [6.07, 6.45) is 0. The van der Waals surface area contributed by atoms with E-state index in [9.17, 15) is 8.42 Å². The number of nitrogens with zero attached hydrogens (tertiary/aromatic N) is 1. The maximum Gasteiger partial charge on any atom is 0.344 e. The number of amidine groups is 1. The quantitative estimate of drug-likeness (QED) is 0.766.